The Morgan fingerprint density at radius 1 is 1.28 bits per heavy atom. The summed E-state index contributed by atoms with van der Waals surface area (Å²) < 4.78 is 49.9. The SMILES string of the molecule is COCCOC(=O)C1=C(C)NC(=S)N[C@H]1c1ccccc1C(F)(F)F. The predicted molar refractivity (Wildman–Crippen MR) is 88.6 cm³/mol. The average Bonchev–Trinajstić information content (AvgIpc) is 2.53. The molecule has 0 radical (unpaired) electrons. The van der Waals surface area contributed by atoms with E-state index in [2.05, 4.69) is 10.6 Å². The van der Waals surface area contributed by atoms with Gasteiger partial charge in [0.15, 0.2) is 5.11 Å². The Bertz CT molecular complexity index is 704. The molecule has 1 aromatic rings. The van der Waals surface area contributed by atoms with Gasteiger partial charge in [-0.05, 0) is 30.8 Å². The van der Waals surface area contributed by atoms with Crippen LogP contribution in [0.15, 0.2) is 35.5 Å². The number of methoxy groups -OCH3 is 1. The van der Waals surface area contributed by atoms with Gasteiger partial charge in [0, 0.05) is 12.8 Å². The molecule has 1 heterocycles. The minimum Gasteiger partial charge on any atom is -0.460 e. The summed E-state index contributed by atoms with van der Waals surface area (Å²) >= 11 is 5.03. The number of hydrogen-bond acceptors (Lipinski definition) is 4. The van der Waals surface area contributed by atoms with Crippen LogP contribution in [0.5, 0.6) is 0 Å². The van der Waals surface area contributed by atoms with Crippen LogP contribution in [0.4, 0.5) is 13.2 Å². The fourth-order valence-electron chi connectivity index (χ4n) is 2.50. The minimum absolute atomic E-state index is 0.00972. The van der Waals surface area contributed by atoms with Crippen molar-refractivity contribution in [3.63, 3.8) is 0 Å². The first-order valence-corrected chi connectivity index (χ1v) is 7.77. The Kier molecular flexibility index (Phi) is 6.02. The molecule has 1 atom stereocenters. The third-order valence-corrected chi connectivity index (χ3v) is 3.81. The number of esters is 1. The molecule has 1 aliphatic heterocycles. The molecule has 0 spiro atoms. The summed E-state index contributed by atoms with van der Waals surface area (Å²) in [7, 11) is 1.45. The van der Waals surface area contributed by atoms with E-state index in [1.54, 1.807) is 6.92 Å². The molecule has 0 aliphatic carbocycles. The highest BCUT2D eigenvalue weighted by Crippen LogP contribution is 2.38. The van der Waals surface area contributed by atoms with Crippen LogP contribution in [-0.4, -0.2) is 31.4 Å². The van der Waals surface area contributed by atoms with Gasteiger partial charge in [-0.25, -0.2) is 4.79 Å². The van der Waals surface area contributed by atoms with Crippen LogP contribution < -0.4 is 10.6 Å². The van der Waals surface area contributed by atoms with Crippen molar-refractivity contribution in [1.82, 2.24) is 10.6 Å². The van der Waals surface area contributed by atoms with E-state index in [1.165, 1.54) is 25.3 Å². The highest BCUT2D eigenvalue weighted by molar-refractivity contribution is 7.80. The van der Waals surface area contributed by atoms with Crippen LogP contribution in [0, 0.1) is 0 Å². The molecule has 2 rings (SSSR count). The van der Waals surface area contributed by atoms with Crippen LogP contribution in [0.2, 0.25) is 0 Å². The van der Waals surface area contributed by atoms with Gasteiger partial charge in [0.2, 0.25) is 0 Å². The summed E-state index contributed by atoms with van der Waals surface area (Å²) in [6.07, 6.45) is -4.57. The van der Waals surface area contributed by atoms with E-state index < -0.39 is 23.8 Å². The van der Waals surface area contributed by atoms with E-state index in [4.69, 9.17) is 21.7 Å². The lowest BCUT2D eigenvalue weighted by Crippen LogP contribution is -2.45. The van der Waals surface area contributed by atoms with Gasteiger partial charge in [0.25, 0.3) is 0 Å². The number of hydrogen-bond donors (Lipinski definition) is 2. The molecule has 9 heteroatoms. The van der Waals surface area contributed by atoms with Gasteiger partial charge in [-0.2, -0.15) is 13.2 Å². The zero-order chi connectivity index (χ0) is 18.6. The van der Waals surface area contributed by atoms with E-state index in [0.29, 0.717) is 5.70 Å². The second-order valence-corrected chi connectivity index (χ2v) is 5.69. The molecule has 0 fully saturated rings. The average molecular weight is 374 g/mol. The zero-order valence-corrected chi connectivity index (χ0v) is 14.4. The van der Waals surface area contributed by atoms with E-state index in [9.17, 15) is 18.0 Å². The van der Waals surface area contributed by atoms with Crippen molar-refractivity contribution in [1.29, 1.82) is 0 Å². The Hall–Kier alpha value is -2.13. The summed E-state index contributed by atoms with van der Waals surface area (Å²) in [6.45, 7) is 1.73. The van der Waals surface area contributed by atoms with Gasteiger partial charge < -0.3 is 20.1 Å². The Morgan fingerprint density at radius 2 is 1.96 bits per heavy atom. The first-order valence-electron chi connectivity index (χ1n) is 7.36. The standard InChI is InChI=1S/C16H17F3N2O3S/c1-9-12(14(22)24-8-7-23-2)13(21-15(25)20-9)10-5-3-4-6-11(10)16(17,18)19/h3-6,13H,7-8H2,1-2H3,(H2,20,21,25)/t13-/m0/s1. The van der Waals surface area contributed by atoms with Crippen LogP contribution in [0.1, 0.15) is 24.1 Å². The lowest BCUT2D eigenvalue weighted by Gasteiger charge is -2.31. The molecule has 0 unspecified atom stereocenters. The summed E-state index contributed by atoms with van der Waals surface area (Å²) in [6, 6.07) is 3.97. The summed E-state index contributed by atoms with van der Waals surface area (Å²) in [5.41, 5.74) is -0.557. The molecule has 0 saturated heterocycles. The topological polar surface area (TPSA) is 59.6 Å². The molecular weight excluding hydrogens is 357 g/mol. The molecule has 0 saturated carbocycles. The number of thiocarbonyl (C=S) groups is 1. The molecule has 25 heavy (non-hydrogen) atoms. The number of nitrogens with one attached hydrogen (secondary N) is 2. The Balaban J connectivity index is 2.45. The van der Waals surface area contributed by atoms with Gasteiger partial charge in [0.1, 0.15) is 6.61 Å². The largest absolute Gasteiger partial charge is 0.460 e. The van der Waals surface area contributed by atoms with Crippen LogP contribution in [0.3, 0.4) is 0 Å². The zero-order valence-electron chi connectivity index (χ0n) is 13.6. The van der Waals surface area contributed by atoms with Crippen molar-refractivity contribution < 1.29 is 27.4 Å². The highest BCUT2D eigenvalue weighted by Gasteiger charge is 2.39. The molecule has 2 N–H and O–H groups in total. The predicted octanol–water partition coefficient (Wildman–Crippen LogP) is 2.69. The minimum atomic E-state index is -4.57. The van der Waals surface area contributed by atoms with E-state index >= 15 is 0 Å². The van der Waals surface area contributed by atoms with E-state index in [1.807, 2.05) is 0 Å². The van der Waals surface area contributed by atoms with Crippen molar-refractivity contribution in [2.45, 2.75) is 19.1 Å². The maximum Gasteiger partial charge on any atom is 0.416 e. The van der Waals surface area contributed by atoms with Gasteiger partial charge in [-0.15, -0.1) is 0 Å². The van der Waals surface area contributed by atoms with Crippen molar-refractivity contribution in [3.8, 4) is 0 Å². The number of carbonyl (C=O) groups excluding carboxylic acids is 1. The van der Waals surface area contributed by atoms with Crippen LogP contribution in [0.25, 0.3) is 0 Å². The number of allylic oxidation sites excluding steroid dienone is 1. The van der Waals surface area contributed by atoms with Crippen molar-refractivity contribution in [2.24, 2.45) is 0 Å². The van der Waals surface area contributed by atoms with Gasteiger partial charge in [0.05, 0.1) is 23.8 Å². The van der Waals surface area contributed by atoms with Crippen molar-refractivity contribution in [2.75, 3.05) is 20.3 Å². The fraction of sp³-hybridized carbons (Fsp3) is 0.375. The molecule has 1 aliphatic rings. The second kappa shape index (κ2) is 7.83. The smallest absolute Gasteiger partial charge is 0.416 e. The number of ether oxygens (including phenoxy) is 2. The number of halogens is 3. The number of rotatable bonds is 5. The van der Waals surface area contributed by atoms with E-state index in [-0.39, 0.29) is 29.5 Å². The second-order valence-electron chi connectivity index (χ2n) is 5.28. The summed E-state index contributed by atoms with van der Waals surface area (Å²) in [5.74, 6) is -0.737. The van der Waals surface area contributed by atoms with E-state index in [0.717, 1.165) is 6.07 Å². The Morgan fingerprint density at radius 3 is 2.60 bits per heavy atom. The molecule has 136 valence electrons. The Labute approximate surface area is 148 Å². The fourth-order valence-corrected chi connectivity index (χ4v) is 2.77. The maximum absolute atomic E-state index is 13.3. The summed E-state index contributed by atoms with van der Waals surface area (Å²) in [4.78, 5) is 12.4. The van der Waals surface area contributed by atoms with Crippen LogP contribution in [-0.2, 0) is 20.4 Å². The molecule has 5 nitrogen and oxygen atoms in total. The van der Waals surface area contributed by atoms with Crippen molar-refractivity contribution in [3.05, 3.63) is 46.7 Å². The number of benzene rings is 1. The summed E-state index contributed by atoms with van der Waals surface area (Å²) in [5, 5.41) is 5.60. The number of alkyl halides is 3. The molecule has 1 aromatic carbocycles. The van der Waals surface area contributed by atoms with Gasteiger partial charge in [-0.1, -0.05) is 18.2 Å². The third-order valence-electron chi connectivity index (χ3n) is 3.59. The normalized spacial score (nSPS) is 17.8. The quantitative estimate of drug-likeness (QED) is 0.470. The monoisotopic (exact) mass is 374 g/mol. The molecule has 0 aromatic heterocycles. The lowest BCUT2D eigenvalue weighted by molar-refractivity contribution is -0.142. The number of carbonyl (C=O) groups is 1. The maximum atomic E-state index is 13.3. The van der Waals surface area contributed by atoms with Gasteiger partial charge in [-0.3, -0.25) is 0 Å². The van der Waals surface area contributed by atoms with Crippen molar-refractivity contribution >= 4 is 23.3 Å². The first-order chi connectivity index (χ1) is 11.8. The van der Waals surface area contributed by atoms with Gasteiger partial charge >= 0.3 is 12.1 Å². The lowest BCUT2D eigenvalue weighted by atomic mass is 9.92. The molecular formula is C16H17F3N2O3S. The molecule has 0 amide bonds. The first kappa shape index (κ1) is 19.2. The third kappa shape index (κ3) is 4.49. The molecule has 0 bridgehead atoms. The van der Waals surface area contributed by atoms with Crippen LogP contribution >= 0.6 is 12.2 Å². The highest BCUT2D eigenvalue weighted by atomic mass is 32.1.